The average molecular weight is 520 g/mol. The summed E-state index contributed by atoms with van der Waals surface area (Å²) in [5.74, 6) is 0. The van der Waals surface area contributed by atoms with Crippen LogP contribution in [0.5, 0.6) is 0 Å². The van der Waals surface area contributed by atoms with Crippen molar-refractivity contribution in [3.05, 3.63) is 121 Å². The van der Waals surface area contributed by atoms with Crippen molar-refractivity contribution in [1.82, 2.24) is 0 Å². The molecule has 0 aromatic heterocycles. The highest BCUT2D eigenvalue weighted by molar-refractivity contribution is 7.19. The minimum Gasteiger partial charge on any atom is -0.326 e. The molecule has 0 saturated heterocycles. The van der Waals surface area contributed by atoms with E-state index >= 15 is 0 Å². The van der Waals surface area contributed by atoms with Crippen molar-refractivity contribution in [2.24, 2.45) is 0 Å². The first-order valence-electron chi connectivity index (χ1n) is 15.3. The van der Waals surface area contributed by atoms with Crippen molar-refractivity contribution in [3.8, 4) is 0 Å². The van der Waals surface area contributed by atoms with Gasteiger partial charge in [-0.3, -0.25) is 0 Å². The van der Waals surface area contributed by atoms with E-state index in [0.29, 0.717) is 0 Å². The van der Waals surface area contributed by atoms with Gasteiger partial charge in [-0.15, -0.1) is 0 Å². The predicted octanol–water partition coefficient (Wildman–Crippen LogP) is 6.90. The summed E-state index contributed by atoms with van der Waals surface area (Å²) in [5, 5.41) is 0. The van der Waals surface area contributed by atoms with Crippen LogP contribution >= 0.6 is 0 Å². The van der Waals surface area contributed by atoms with Gasteiger partial charge in [0, 0.05) is 0 Å². The van der Waals surface area contributed by atoms with Crippen LogP contribution in [-0.4, -0.2) is 37.3 Å². The van der Waals surface area contributed by atoms with Crippen molar-refractivity contribution >= 4 is 28.0 Å². The number of nitrogens with zero attached hydrogens (tertiary/aromatic N) is 1. The lowest BCUT2D eigenvalue weighted by molar-refractivity contribution is -0.910. The third-order valence-electron chi connectivity index (χ3n) is 8.35. The van der Waals surface area contributed by atoms with Crippen molar-refractivity contribution in [1.29, 1.82) is 0 Å². The van der Waals surface area contributed by atoms with Gasteiger partial charge in [0.1, 0.15) is 6.15 Å². The van der Waals surface area contributed by atoms with Gasteiger partial charge in [-0.05, 0) is 19.3 Å². The summed E-state index contributed by atoms with van der Waals surface area (Å²) in [4.78, 5) is 0. The second-order valence-corrected chi connectivity index (χ2v) is 11.4. The Hall–Kier alpha value is -3.10. The molecule has 0 aliphatic heterocycles. The first kappa shape index (κ1) is 30.4. The minimum absolute atomic E-state index is 1.22. The second kappa shape index (κ2) is 16.1. The largest absolute Gasteiger partial charge is 0.326 e. The van der Waals surface area contributed by atoms with E-state index in [0.717, 1.165) is 0 Å². The van der Waals surface area contributed by atoms with Crippen LogP contribution in [0.3, 0.4) is 0 Å². The molecule has 0 aliphatic rings. The van der Waals surface area contributed by atoms with Gasteiger partial charge in [-0.2, -0.15) is 21.9 Å². The van der Waals surface area contributed by atoms with Crippen LogP contribution in [0.4, 0.5) is 0 Å². The molecule has 0 bridgehead atoms. The lowest BCUT2D eigenvalue weighted by Gasteiger charge is -2.44. The molecule has 0 radical (unpaired) electrons. The zero-order valence-electron chi connectivity index (χ0n) is 24.9. The zero-order chi connectivity index (χ0) is 27.8. The molecule has 0 fully saturated rings. The standard InChI is InChI=1S/C24H20B.C13H30N/c1-5-13-21(14-6-1)25(22-15-7-2-8-16-22,23-17-9-3-10-18-23)24-19-11-4-12-20-24;1-5-8-11-14(4,12-9-6-2)13-10-7-3/h1-20H;5-13H2,1-4H3/q-1;+1. The summed E-state index contributed by atoms with van der Waals surface area (Å²) in [6, 6.07) is 43.5. The molecule has 0 spiro atoms. The van der Waals surface area contributed by atoms with Crippen molar-refractivity contribution in [3.63, 3.8) is 0 Å². The highest BCUT2D eigenvalue weighted by Crippen LogP contribution is 2.11. The maximum Gasteiger partial charge on any atom is 0.108 e. The number of benzene rings is 4. The zero-order valence-corrected chi connectivity index (χ0v) is 24.9. The van der Waals surface area contributed by atoms with Gasteiger partial charge in [0.2, 0.25) is 0 Å². The smallest absolute Gasteiger partial charge is 0.108 e. The Morgan fingerprint density at radius 2 is 0.641 bits per heavy atom. The molecule has 0 N–H and O–H groups in total. The van der Waals surface area contributed by atoms with Gasteiger partial charge in [-0.1, -0.05) is 161 Å². The van der Waals surface area contributed by atoms with Crippen LogP contribution in [0.15, 0.2) is 121 Å². The highest BCUT2D eigenvalue weighted by Gasteiger charge is 2.31. The summed E-state index contributed by atoms with van der Waals surface area (Å²) >= 11 is 0. The molecule has 4 rings (SSSR count). The topological polar surface area (TPSA) is 0 Å². The molecule has 4 aromatic carbocycles. The summed E-state index contributed by atoms with van der Waals surface area (Å²) in [7, 11) is 2.45. The third-order valence-corrected chi connectivity index (χ3v) is 8.35. The van der Waals surface area contributed by atoms with Gasteiger partial charge in [-0.25, -0.2) is 0 Å². The van der Waals surface area contributed by atoms with Gasteiger partial charge in [0.15, 0.2) is 0 Å². The Bertz CT molecular complexity index is 974. The number of quaternary nitrogens is 1. The molecule has 206 valence electrons. The molecule has 0 amide bonds. The third kappa shape index (κ3) is 8.20. The highest BCUT2D eigenvalue weighted by atomic mass is 15.3. The SMILES string of the molecule is CCCC[N+](C)(CCCC)CCCC.c1ccc([B-](c2ccccc2)(c2ccccc2)c2ccccc2)cc1. The Kier molecular flexibility index (Phi) is 12.6. The number of hydrogen-bond donors (Lipinski definition) is 0. The lowest BCUT2D eigenvalue weighted by atomic mass is 9.13. The Morgan fingerprint density at radius 1 is 0.410 bits per heavy atom. The van der Waals surface area contributed by atoms with Crippen LogP contribution in [0.2, 0.25) is 0 Å². The second-order valence-electron chi connectivity index (χ2n) is 11.4. The Balaban J connectivity index is 0.000000258. The molecule has 0 unspecified atom stereocenters. The normalized spacial score (nSPS) is 11.5. The Labute approximate surface area is 239 Å². The van der Waals surface area contributed by atoms with Crippen LogP contribution in [0.1, 0.15) is 59.3 Å². The van der Waals surface area contributed by atoms with E-state index in [-0.39, 0.29) is 0 Å². The molecule has 2 heteroatoms. The number of hydrogen-bond acceptors (Lipinski definition) is 0. The Morgan fingerprint density at radius 3 is 0.846 bits per heavy atom. The van der Waals surface area contributed by atoms with E-state index in [4.69, 9.17) is 0 Å². The van der Waals surface area contributed by atoms with Crippen LogP contribution in [-0.2, 0) is 0 Å². The fourth-order valence-electron chi connectivity index (χ4n) is 6.08. The monoisotopic (exact) mass is 519 g/mol. The van der Waals surface area contributed by atoms with Crippen molar-refractivity contribution < 1.29 is 4.48 Å². The molecule has 0 aliphatic carbocycles. The summed E-state index contributed by atoms with van der Waals surface area (Å²) in [6.45, 7) is 11.0. The maximum atomic E-state index is 2.45. The molecule has 0 saturated carbocycles. The number of unbranched alkanes of at least 4 members (excludes halogenated alkanes) is 3. The minimum atomic E-state index is -1.22. The van der Waals surface area contributed by atoms with Crippen LogP contribution < -0.4 is 21.9 Å². The van der Waals surface area contributed by atoms with Crippen molar-refractivity contribution in [2.75, 3.05) is 26.7 Å². The lowest BCUT2D eigenvalue weighted by Crippen LogP contribution is -2.74. The van der Waals surface area contributed by atoms with E-state index in [1.54, 1.807) is 0 Å². The van der Waals surface area contributed by atoms with Gasteiger partial charge < -0.3 is 4.48 Å². The summed E-state index contributed by atoms with van der Waals surface area (Å²) in [6.07, 6.45) is 6.98. The molecule has 0 heterocycles. The summed E-state index contributed by atoms with van der Waals surface area (Å²) < 4.78 is 1.32. The van der Waals surface area contributed by atoms with Crippen LogP contribution in [0.25, 0.3) is 0 Å². The maximum absolute atomic E-state index is 2.45. The van der Waals surface area contributed by atoms with Gasteiger partial charge in [0.05, 0.1) is 26.7 Å². The first-order valence-corrected chi connectivity index (χ1v) is 15.3. The van der Waals surface area contributed by atoms with Crippen molar-refractivity contribution in [2.45, 2.75) is 59.3 Å². The van der Waals surface area contributed by atoms with E-state index < -0.39 is 6.15 Å². The predicted molar refractivity (Wildman–Crippen MR) is 176 cm³/mol. The van der Waals surface area contributed by atoms with Gasteiger partial charge >= 0.3 is 0 Å². The molecule has 4 aromatic rings. The fourth-order valence-corrected chi connectivity index (χ4v) is 6.08. The fraction of sp³-hybridized carbons (Fsp3) is 0.351. The molecule has 39 heavy (non-hydrogen) atoms. The molecule has 1 nitrogen and oxygen atoms in total. The van der Waals surface area contributed by atoms with Crippen LogP contribution in [0, 0.1) is 0 Å². The molecular formula is C37H50BN. The molecular weight excluding hydrogens is 469 g/mol. The van der Waals surface area contributed by atoms with E-state index in [1.807, 2.05) is 0 Å². The molecule has 0 atom stereocenters. The average Bonchev–Trinajstić information content (AvgIpc) is 3.01. The summed E-state index contributed by atoms with van der Waals surface area (Å²) in [5.41, 5.74) is 5.36. The quantitative estimate of drug-likeness (QED) is 0.133. The van der Waals surface area contributed by atoms with Gasteiger partial charge in [0.25, 0.3) is 0 Å². The van der Waals surface area contributed by atoms with E-state index in [9.17, 15) is 0 Å². The van der Waals surface area contributed by atoms with E-state index in [1.165, 1.54) is 84.5 Å². The number of rotatable bonds is 13. The first-order chi connectivity index (χ1) is 19.1. The van der Waals surface area contributed by atoms with E-state index in [2.05, 4.69) is 149 Å².